The van der Waals surface area contributed by atoms with Gasteiger partial charge in [-0.2, -0.15) is 5.26 Å². The van der Waals surface area contributed by atoms with Crippen LogP contribution in [-0.4, -0.2) is 12.1 Å². The average Bonchev–Trinajstić information content (AvgIpc) is 2.55. The molecule has 0 amide bonds. The number of nitriles is 1. The summed E-state index contributed by atoms with van der Waals surface area (Å²) in [7, 11) is 0. The molecule has 23 heavy (non-hydrogen) atoms. The molecule has 2 aromatic rings. The van der Waals surface area contributed by atoms with Gasteiger partial charge >= 0.3 is 5.97 Å². The molecule has 118 valence electrons. The van der Waals surface area contributed by atoms with E-state index < -0.39 is 12.1 Å². The second-order valence-corrected chi connectivity index (χ2v) is 5.47. The smallest absolute Gasteiger partial charge is 0.352 e. The summed E-state index contributed by atoms with van der Waals surface area (Å²) in [6, 6.07) is 12.6. The highest BCUT2D eigenvalue weighted by Crippen LogP contribution is 2.26. The average molecular weight is 309 g/mol. The third-order valence-electron chi connectivity index (χ3n) is 3.70. The first-order chi connectivity index (χ1) is 10.9. The van der Waals surface area contributed by atoms with Crippen molar-refractivity contribution in [2.24, 2.45) is 0 Å². The highest BCUT2D eigenvalue weighted by Gasteiger charge is 2.19. The zero-order valence-corrected chi connectivity index (χ0v) is 13.7. The molecule has 0 fully saturated rings. The van der Waals surface area contributed by atoms with Gasteiger partial charge in [0.05, 0.1) is 11.6 Å². The van der Waals surface area contributed by atoms with Gasteiger partial charge in [0.15, 0.2) is 6.10 Å². The number of carbonyl (C=O) groups excluding carboxylic acids is 1. The normalized spacial score (nSPS) is 11.4. The van der Waals surface area contributed by atoms with Crippen LogP contribution in [0.15, 0.2) is 36.4 Å². The summed E-state index contributed by atoms with van der Waals surface area (Å²) < 4.78 is 11.1. The Balaban J connectivity index is 2.08. The molecule has 0 aliphatic rings. The largest absolute Gasteiger partial charge is 0.479 e. The number of benzene rings is 2. The van der Waals surface area contributed by atoms with Gasteiger partial charge in [0, 0.05) is 0 Å². The number of nitrogens with zero attached hydrogens (tertiary/aromatic N) is 1. The van der Waals surface area contributed by atoms with E-state index in [0.717, 1.165) is 16.7 Å². The number of aryl methyl sites for hydroxylation is 2. The number of ether oxygens (including phenoxy) is 2. The van der Waals surface area contributed by atoms with Crippen LogP contribution in [0.2, 0.25) is 0 Å². The van der Waals surface area contributed by atoms with E-state index in [0.29, 0.717) is 17.1 Å². The Kier molecular flexibility index (Phi) is 5.02. The number of esters is 1. The Morgan fingerprint density at radius 3 is 2.26 bits per heavy atom. The molecule has 0 spiro atoms. The molecule has 4 nitrogen and oxygen atoms in total. The van der Waals surface area contributed by atoms with E-state index in [9.17, 15) is 4.79 Å². The zero-order valence-electron chi connectivity index (χ0n) is 13.7. The maximum Gasteiger partial charge on any atom is 0.352 e. The lowest BCUT2D eigenvalue weighted by atomic mass is 10.1. The molecule has 0 N–H and O–H groups in total. The summed E-state index contributed by atoms with van der Waals surface area (Å²) >= 11 is 0. The van der Waals surface area contributed by atoms with Gasteiger partial charge in [-0.1, -0.05) is 12.1 Å². The lowest BCUT2D eigenvalue weighted by Crippen LogP contribution is -2.29. The standard InChI is InChI=1S/C19H19NO3/c1-12-5-6-13(2)18(14(12)3)23-19(21)15(4)22-17-9-7-16(11-20)8-10-17/h5-10,15H,1-4H3/t15-/m0/s1. The molecule has 0 heterocycles. The van der Waals surface area contributed by atoms with Gasteiger partial charge in [0.25, 0.3) is 0 Å². The Morgan fingerprint density at radius 1 is 1.04 bits per heavy atom. The molecule has 2 aromatic carbocycles. The van der Waals surface area contributed by atoms with Gasteiger partial charge in [-0.3, -0.25) is 0 Å². The van der Waals surface area contributed by atoms with Crippen molar-refractivity contribution in [1.29, 1.82) is 5.26 Å². The second-order valence-electron chi connectivity index (χ2n) is 5.47. The highest BCUT2D eigenvalue weighted by molar-refractivity contribution is 5.78. The monoisotopic (exact) mass is 309 g/mol. The van der Waals surface area contributed by atoms with E-state index in [1.165, 1.54) is 0 Å². The molecule has 0 bridgehead atoms. The summed E-state index contributed by atoms with van der Waals surface area (Å²) in [5, 5.41) is 8.77. The quantitative estimate of drug-likeness (QED) is 0.635. The number of carbonyl (C=O) groups is 1. The van der Waals surface area contributed by atoms with Crippen LogP contribution in [0.5, 0.6) is 11.5 Å². The van der Waals surface area contributed by atoms with Gasteiger partial charge in [-0.15, -0.1) is 0 Å². The predicted molar refractivity (Wildman–Crippen MR) is 87.5 cm³/mol. The Labute approximate surface area is 136 Å². The third-order valence-corrected chi connectivity index (χ3v) is 3.70. The summed E-state index contributed by atoms with van der Waals surface area (Å²) in [6.07, 6.45) is -0.748. The van der Waals surface area contributed by atoms with E-state index >= 15 is 0 Å². The first kappa shape index (κ1) is 16.6. The summed E-state index contributed by atoms with van der Waals surface area (Å²) in [4.78, 5) is 12.3. The lowest BCUT2D eigenvalue weighted by Gasteiger charge is -2.17. The van der Waals surface area contributed by atoms with Crippen LogP contribution in [0.4, 0.5) is 0 Å². The molecule has 0 saturated heterocycles. The topological polar surface area (TPSA) is 59.3 Å². The number of hydrogen-bond donors (Lipinski definition) is 0. The first-order valence-electron chi connectivity index (χ1n) is 7.37. The van der Waals surface area contributed by atoms with E-state index in [1.807, 2.05) is 39.0 Å². The minimum absolute atomic E-state index is 0.453. The molecule has 0 aliphatic heterocycles. The van der Waals surface area contributed by atoms with Gasteiger partial charge in [-0.25, -0.2) is 4.79 Å². The Hall–Kier alpha value is -2.80. The van der Waals surface area contributed by atoms with Crippen molar-refractivity contribution in [3.8, 4) is 17.6 Å². The van der Waals surface area contributed by atoms with Crippen LogP contribution in [0.1, 0.15) is 29.2 Å². The van der Waals surface area contributed by atoms with Crippen molar-refractivity contribution in [1.82, 2.24) is 0 Å². The first-order valence-corrected chi connectivity index (χ1v) is 7.37. The molecule has 2 rings (SSSR count). The summed E-state index contributed by atoms with van der Waals surface area (Å²) in [5.41, 5.74) is 3.47. The fraction of sp³-hybridized carbons (Fsp3) is 0.263. The minimum atomic E-state index is -0.748. The van der Waals surface area contributed by atoms with Crippen molar-refractivity contribution in [3.05, 3.63) is 58.7 Å². The van der Waals surface area contributed by atoms with Crippen LogP contribution < -0.4 is 9.47 Å². The maximum absolute atomic E-state index is 12.3. The van der Waals surface area contributed by atoms with E-state index in [-0.39, 0.29) is 0 Å². The van der Waals surface area contributed by atoms with Crippen molar-refractivity contribution in [2.45, 2.75) is 33.8 Å². The molecular weight excluding hydrogens is 290 g/mol. The fourth-order valence-corrected chi connectivity index (χ4v) is 2.13. The van der Waals surface area contributed by atoms with Crippen LogP contribution in [0.3, 0.4) is 0 Å². The third kappa shape index (κ3) is 3.89. The number of hydrogen-bond acceptors (Lipinski definition) is 4. The highest BCUT2D eigenvalue weighted by atomic mass is 16.6. The molecular formula is C19H19NO3. The predicted octanol–water partition coefficient (Wildman–Crippen LogP) is 3.86. The maximum atomic E-state index is 12.3. The molecule has 0 aromatic heterocycles. The van der Waals surface area contributed by atoms with Crippen molar-refractivity contribution in [3.63, 3.8) is 0 Å². The molecule has 0 saturated carbocycles. The van der Waals surface area contributed by atoms with Gasteiger partial charge < -0.3 is 9.47 Å². The van der Waals surface area contributed by atoms with Gasteiger partial charge in [0.1, 0.15) is 11.5 Å². The van der Waals surface area contributed by atoms with Gasteiger partial charge in [-0.05, 0) is 68.7 Å². The number of rotatable bonds is 4. The zero-order chi connectivity index (χ0) is 17.0. The van der Waals surface area contributed by atoms with E-state index in [1.54, 1.807) is 31.2 Å². The van der Waals surface area contributed by atoms with Crippen LogP contribution >= 0.6 is 0 Å². The van der Waals surface area contributed by atoms with E-state index in [2.05, 4.69) is 0 Å². The molecule has 4 heteroatoms. The summed E-state index contributed by atoms with van der Waals surface area (Å²) in [6.45, 7) is 7.45. The second kappa shape index (κ2) is 6.97. The van der Waals surface area contributed by atoms with E-state index in [4.69, 9.17) is 14.7 Å². The minimum Gasteiger partial charge on any atom is -0.479 e. The van der Waals surface area contributed by atoms with Crippen molar-refractivity contribution >= 4 is 5.97 Å². The fourth-order valence-electron chi connectivity index (χ4n) is 2.13. The van der Waals surface area contributed by atoms with Crippen LogP contribution in [-0.2, 0) is 4.79 Å². The van der Waals surface area contributed by atoms with Crippen molar-refractivity contribution in [2.75, 3.05) is 0 Å². The molecule has 0 aliphatic carbocycles. The molecule has 1 atom stereocenters. The van der Waals surface area contributed by atoms with Crippen LogP contribution in [0.25, 0.3) is 0 Å². The van der Waals surface area contributed by atoms with Crippen molar-refractivity contribution < 1.29 is 14.3 Å². The Bertz CT molecular complexity index is 757. The van der Waals surface area contributed by atoms with Gasteiger partial charge in [0.2, 0.25) is 0 Å². The molecule has 0 radical (unpaired) electrons. The Morgan fingerprint density at radius 2 is 1.65 bits per heavy atom. The van der Waals surface area contributed by atoms with Crippen LogP contribution in [0, 0.1) is 32.1 Å². The summed E-state index contributed by atoms with van der Waals surface area (Å²) in [5.74, 6) is 0.655. The SMILES string of the molecule is Cc1ccc(C)c(OC(=O)[C@H](C)Oc2ccc(C#N)cc2)c1C. The molecule has 0 unspecified atom stereocenters. The lowest BCUT2D eigenvalue weighted by molar-refractivity contribution is -0.141.